The van der Waals surface area contributed by atoms with Crippen LogP contribution in [-0.4, -0.2) is 42.4 Å². The highest BCUT2D eigenvalue weighted by Gasteiger charge is 2.18. The van der Waals surface area contributed by atoms with E-state index in [-0.39, 0.29) is 11.8 Å². The molecule has 0 saturated carbocycles. The zero-order valence-corrected chi connectivity index (χ0v) is 16.3. The van der Waals surface area contributed by atoms with Gasteiger partial charge in [0, 0.05) is 31.6 Å². The zero-order chi connectivity index (χ0) is 18.8. The van der Waals surface area contributed by atoms with E-state index in [4.69, 9.17) is 0 Å². The Hall–Kier alpha value is -1.88. The topological polar surface area (TPSA) is 61.4 Å². The van der Waals surface area contributed by atoms with Crippen LogP contribution in [0.1, 0.15) is 57.0 Å². The van der Waals surface area contributed by atoms with Crippen molar-refractivity contribution in [3.8, 4) is 0 Å². The first-order chi connectivity index (χ1) is 11.9. The van der Waals surface area contributed by atoms with Gasteiger partial charge >= 0.3 is 0 Å². The monoisotopic (exact) mass is 347 g/mol. The summed E-state index contributed by atoms with van der Waals surface area (Å²) in [5, 5.41) is 5.82. The van der Waals surface area contributed by atoms with Gasteiger partial charge in [0.25, 0.3) is 5.91 Å². The van der Waals surface area contributed by atoms with Crippen LogP contribution in [0.5, 0.6) is 0 Å². The average Bonchev–Trinajstić information content (AvgIpc) is 2.58. The molecule has 1 unspecified atom stereocenters. The molecule has 25 heavy (non-hydrogen) atoms. The van der Waals surface area contributed by atoms with E-state index < -0.39 is 0 Å². The lowest BCUT2D eigenvalue weighted by atomic mass is 10.0. The molecule has 0 spiro atoms. The van der Waals surface area contributed by atoms with Gasteiger partial charge in [-0.1, -0.05) is 39.8 Å². The number of nitrogens with zero attached hydrogens (tertiary/aromatic N) is 1. The van der Waals surface area contributed by atoms with E-state index in [9.17, 15) is 9.59 Å². The van der Waals surface area contributed by atoms with E-state index in [1.54, 1.807) is 12.1 Å². The Morgan fingerprint density at radius 2 is 1.64 bits per heavy atom. The SMILES string of the molecule is CCN(CC)C(CNC(=O)c1ccc(CNC(C)=O)cc1)CC(C)C. The van der Waals surface area contributed by atoms with Gasteiger partial charge in [0.15, 0.2) is 0 Å². The number of carbonyl (C=O) groups excluding carboxylic acids is 2. The maximum atomic E-state index is 12.4. The van der Waals surface area contributed by atoms with Gasteiger partial charge in [0.05, 0.1) is 0 Å². The Bertz CT molecular complexity index is 536. The lowest BCUT2D eigenvalue weighted by Gasteiger charge is -2.31. The standard InChI is InChI=1S/C20H33N3O2/c1-6-23(7-2)19(12-15(3)4)14-22-20(25)18-10-8-17(9-11-18)13-21-16(5)24/h8-11,15,19H,6-7,12-14H2,1-5H3,(H,21,24)(H,22,25). The molecule has 2 amide bonds. The van der Waals surface area contributed by atoms with E-state index in [1.807, 2.05) is 12.1 Å². The largest absolute Gasteiger partial charge is 0.352 e. The average molecular weight is 348 g/mol. The Morgan fingerprint density at radius 3 is 2.12 bits per heavy atom. The lowest BCUT2D eigenvalue weighted by Crippen LogP contribution is -2.44. The van der Waals surface area contributed by atoms with Crippen molar-refractivity contribution >= 4 is 11.8 Å². The second-order valence-corrected chi connectivity index (χ2v) is 6.82. The summed E-state index contributed by atoms with van der Waals surface area (Å²) in [6.45, 7) is 13.4. The number of likely N-dealkylation sites (N-methyl/N-ethyl adjacent to an activating group) is 1. The van der Waals surface area contributed by atoms with Crippen molar-refractivity contribution in [2.45, 2.75) is 53.6 Å². The fourth-order valence-electron chi connectivity index (χ4n) is 2.96. The Kier molecular flexibility index (Phi) is 9.21. The number of rotatable bonds is 10. The number of hydrogen-bond donors (Lipinski definition) is 2. The van der Waals surface area contributed by atoms with E-state index in [2.05, 4.69) is 43.2 Å². The Morgan fingerprint density at radius 1 is 1.04 bits per heavy atom. The summed E-state index contributed by atoms with van der Waals surface area (Å²) >= 11 is 0. The molecule has 1 atom stereocenters. The smallest absolute Gasteiger partial charge is 0.251 e. The van der Waals surface area contributed by atoms with Crippen molar-refractivity contribution < 1.29 is 9.59 Å². The van der Waals surface area contributed by atoms with Crippen molar-refractivity contribution in [1.29, 1.82) is 0 Å². The van der Waals surface area contributed by atoms with Crippen LogP contribution in [-0.2, 0) is 11.3 Å². The third-order valence-electron chi connectivity index (χ3n) is 4.33. The summed E-state index contributed by atoms with van der Waals surface area (Å²) in [6, 6.07) is 7.72. The highest BCUT2D eigenvalue weighted by atomic mass is 16.2. The first-order valence-corrected chi connectivity index (χ1v) is 9.22. The van der Waals surface area contributed by atoms with E-state index in [0.717, 1.165) is 25.1 Å². The summed E-state index contributed by atoms with van der Waals surface area (Å²) < 4.78 is 0. The van der Waals surface area contributed by atoms with Gasteiger partial charge in [-0.25, -0.2) is 0 Å². The summed E-state index contributed by atoms with van der Waals surface area (Å²) in [5.41, 5.74) is 1.63. The molecule has 1 rings (SSSR count). The molecule has 2 N–H and O–H groups in total. The van der Waals surface area contributed by atoms with Crippen LogP contribution in [0.25, 0.3) is 0 Å². The van der Waals surface area contributed by atoms with Gasteiger partial charge in [-0.05, 0) is 43.1 Å². The van der Waals surface area contributed by atoms with Crippen molar-refractivity contribution in [2.24, 2.45) is 5.92 Å². The molecule has 0 bridgehead atoms. The van der Waals surface area contributed by atoms with Gasteiger partial charge in [-0.2, -0.15) is 0 Å². The molecule has 0 aliphatic heterocycles. The van der Waals surface area contributed by atoms with Crippen LogP contribution in [0.2, 0.25) is 0 Å². The summed E-state index contributed by atoms with van der Waals surface area (Å²) in [4.78, 5) is 25.8. The number of benzene rings is 1. The number of nitrogens with one attached hydrogen (secondary N) is 2. The quantitative estimate of drug-likeness (QED) is 0.684. The highest BCUT2D eigenvalue weighted by molar-refractivity contribution is 5.94. The lowest BCUT2D eigenvalue weighted by molar-refractivity contribution is -0.119. The van der Waals surface area contributed by atoms with Crippen LogP contribution in [0.3, 0.4) is 0 Å². The summed E-state index contributed by atoms with van der Waals surface area (Å²) in [5.74, 6) is 0.483. The molecule has 1 aromatic carbocycles. The number of carbonyl (C=O) groups is 2. The predicted molar refractivity (Wildman–Crippen MR) is 102 cm³/mol. The number of amides is 2. The van der Waals surface area contributed by atoms with Gasteiger partial charge in [0.1, 0.15) is 0 Å². The second kappa shape index (κ2) is 10.9. The van der Waals surface area contributed by atoms with Crippen LogP contribution < -0.4 is 10.6 Å². The predicted octanol–water partition coefficient (Wildman–Crippen LogP) is 2.81. The molecule has 5 heteroatoms. The molecule has 0 heterocycles. The number of hydrogen-bond acceptors (Lipinski definition) is 3. The minimum absolute atomic E-state index is 0.0491. The van der Waals surface area contributed by atoms with Crippen LogP contribution in [0.4, 0.5) is 0 Å². The minimum Gasteiger partial charge on any atom is -0.352 e. The Labute approximate surface area is 152 Å². The Balaban J connectivity index is 2.62. The first kappa shape index (κ1) is 21.2. The second-order valence-electron chi connectivity index (χ2n) is 6.82. The van der Waals surface area contributed by atoms with Crippen molar-refractivity contribution in [3.05, 3.63) is 35.4 Å². The molecule has 0 aromatic heterocycles. The molecule has 0 aliphatic rings. The van der Waals surface area contributed by atoms with E-state index in [1.165, 1.54) is 6.92 Å². The molecule has 140 valence electrons. The normalized spacial score (nSPS) is 12.3. The van der Waals surface area contributed by atoms with Crippen LogP contribution in [0.15, 0.2) is 24.3 Å². The molecular weight excluding hydrogens is 314 g/mol. The van der Waals surface area contributed by atoms with Gasteiger partial charge in [-0.15, -0.1) is 0 Å². The van der Waals surface area contributed by atoms with E-state index in [0.29, 0.717) is 30.6 Å². The molecule has 5 nitrogen and oxygen atoms in total. The van der Waals surface area contributed by atoms with Crippen molar-refractivity contribution in [1.82, 2.24) is 15.5 Å². The third-order valence-corrected chi connectivity index (χ3v) is 4.33. The fourth-order valence-corrected chi connectivity index (χ4v) is 2.96. The maximum Gasteiger partial charge on any atom is 0.251 e. The first-order valence-electron chi connectivity index (χ1n) is 9.22. The molecule has 0 radical (unpaired) electrons. The van der Waals surface area contributed by atoms with Crippen molar-refractivity contribution in [2.75, 3.05) is 19.6 Å². The summed E-state index contributed by atoms with van der Waals surface area (Å²) in [7, 11) is 0. The van der Waals surface area contributed by atoms with Crippen molar-refractivity contribution in [3.63, 3.8) is 0 Å². The van der Waals surface area contributed by atoms with Gasteiger partial charge < -0.3 is 10.6 Å². The molecule has 1 aromatic rings. The fraction of sp³-hybridized carbons (Fsp3) is 0.600. The zero-order valence-electron chi connectivity index (χ0n) is 16.3. The van der Waals surface area contributed by atoms with Crippen LogP contribution >= 0.6 is 0 Å². The highest BCUT2D eigenvalue weighted by Crippen LogP contribution is 2.11. The third kappa shape index (κ3) is 7.69. The molecular formula is C20H33N3O2. The van der Waals surface area contributed by atoms with Crippen LogP contribution in [0, 0.1) is 5.92 Å². The molecule has 0 fully saturated rings. The maximum absolute atomic E-state index is 12.4. The summed E-state index contributed by atoms with van der Waals surface area (Å²) in [6.07, 6.45) is 1.07. The van der Waals surface area contributed by atoms with E-state index >= 15 is 0 Å². The molecule has 0 aliphatic carbocycles. The molecule has 0 saturated heterocycles. The van der Waals surface area contributed by atoms with Gasteiger partial charge in [0.2, 0.25) is 5.91 Å². The van der Waals surface area contributed by atoms with Gasteiger partial charge in [-0.3, -0.25) is 14.5 Å². The minimum atomic E-state index is -0.0607.